The maximum atomic E-state index is 15.0. The summed E-state index contributed by atoms with van der Waals surface area (Å²) in [6.45, 7) is 14.9. The van der Waals surface area contributed by atoms with Crippen molar-refractivity contribution in [1.82, 2.24) is 29.4 Å². The Kier molecular flexibility index (Phi) is 7.62. The Hall–Kier alpha value is -3.46. The van der Waals surface area contributed by atoms with Gasteiger partial charge in [-0.1, -0.05) is 13.0 Å². The Morgan fingerprint density at radius 3 is 2.28 bits per heavy atom. The van der Waals surface area contributed by atoms with Crippen molar-refractivity contribution in [3.8, 4) is 11.3 Å². The minimum Gasteiger partial charge on any atom is -0.326 e. The zero-order valence-electron chi connectivity index (χ0n) is 23.5. The molecule has 1 fully saturated rings. The van der Waals surface area contributed by atoms with E-state index in [2.05, 4.69) is 57.0 Å². The van der Waals surface area contributed by atoms with E-state index in [9.17, 15) is 8.78 Å². The Morgan fingerprint density at radius 1 is 0.897 bits per heavy atom. The largest absolute Gasteiger partial charge is 0.326 e. The summed E-state index contributed by atoms with van der Waals surface area (Å²) in [5.74, 6) is 1.36. The second-order valence-electron chi connectivity index (χ2n) is 11.2. The molecule has 206 valence electrons. The summed E-state index contributed by atoms with van der Waals surface area (Å²) in [4.78, 5) is 20.0. The van der Waals surface area contributed by atoms with Gasteiger partial charge in [0.15, 0.2) is 11.6 Å². The monoisotopic (exact) mass is 533 g/mol. The van der Waals surface area contributed by atoms with Gasteiger partial charge in [-0.25, -0.2) is 28.7 Å². The molecule has 0 amide bonds. The van der Waals surface area contributed by atoms with Gasteiger partial charge in [0.05, 0.1) is 11.7 Å². The predicted octanol–water partition coefficient (Wildman–Crippen LogP) is 7.02. The van der Waals surface area contributed by atoms with E-state index in [1.165, 1.54) is 24.5 Å². The van der Waals surface area contributed by atoms with Gasteiger partial charge in [0, 0.05) is 23.8 Å². The summed E-state index contributed by atoms with van der Waals surface area (Å²) in [6, 6.07) is 7.65. The van der Waals surface area contributed by atoms with Crippen LogP contribution in [0.5, 0.6) is 0 Å². The molecule has 1 saturated heterocycles. The van der Waals surface area contributed by atoms with Gasteiger partial charge in [0.2, 0.25) is 5.95 Å². The zero-order valence-corrected chi connectivity index (χ0v) is 23.5. The summed E-state index contributed by atoms with van der Waals surface area (Å²) in [6.07, 6.45) is 5.37. The first kappa shape index (κ1) is 27.1. The Morgan fingerprint density at radius 2 is 1.64 bits per heavy atom. The van der Waals surface area contributed by atoms with E-state index in [0.717, 1.165) is 19.3 Å². The number of aryl methyl sites for hydroxylation is 1. The average Bonchev–Trinajstić information content (AvgIpc) is 3.26. The highest BCUT2D eigenvalue weighted by molar-refractivity contribution is 5.83. The van der Waals surface area contributed by atoms with Crippen molar-refractivity contribution in [2.75, 3.05) is 18.4 Å². The van der Waals surface area contributed by atoms with Crippen LogP contribution in [-0.4, -0.2) is 48.5 Å². The third-order valence-corrected chi connectivity index (χ3v) is 8.02. The van der Waals surface area contributed by atoms with E-state index in [4.69, 9.17) is 0 Å². The van der Waals surface area contributed by atoms with Crippen molar-refractivity contribution >= 4 is 22.8 Å². The van der Waals surface area contributed by atoms with Crippen LogP contribution in [0.15, 0.2) is 36.7 Å². The summed E-state index contributed by atoms with van der Waals surface area (Å²) in [5.41, 5.74) is 2.41. The van der Waals surface area contributed by atoms with Crippen LogP contribution in [-0.2, 0) is 0 Å². The quantitative estimate of drug-likeness (QED) is 0.275. The zero-order chi connectivity index (χ0) is 27.8. The lowest BCUT2D eigenvalue weighted by molar-refractivity contribution is 0.139. The van der Waals surface area contributed by atoms with Gasteiger partial charge in [-0.3, -0.25) is 0 Å². The SMILES string of the molecule is Cc1nc2c(F)cc(-c3nc(Nc4ccc([C@@H](C)C5CCN(C(C)C)CC5)cn4)ncc3F)cc2n1C(C)C. The fraction of sp³-hybridized carbons (Fsp3) is 0.467. The summed E-state index contributed by atoms with van der Waals surface area (Å²) in [5, 5.41) is 3.07. The summed E-state index contributed by atoms with van der Waals surface area (Å²) >= 11 is 0. The maximum Gasteiger partial charge on any atom is 0.229 e. The standard InChI is InChI=1S/C30H37F2N7/c1-17(2)38-11-9-21(10-12-38)19(5)22-7-8-27(33-15-22)36-30-34-16-25(32)28(37-30)23-13-24(31)29-26(14-23)39(18(3)4)20(6)35-29/h7-8,13-19,21H,9-12H2,1-6H3,(H,33,34,36,37)/t19-/m0/s1. The van der Waals surface area contributed by atoms with Crippen molar-refractivity contribution in [3.05, 3.63) is 59.7 Å². The van der Waals surface area contributed by atoms with Crippen LogP contribution in [0.3, 0.4) is 0 Å². The molecule has 0 spiro atoms. The molecule has 1 atom stereocenters. The first-order valence-corrected chi connectivity index (χ1v) is 13.8. The number of piperidine rings is 1. The number of pyridine rings is 1. The Labute approximate surface area is 228 Å². The first-order valence-electron chi connectivity index (χ1n) is 13.8. The van der Waals surface area contributed by atoms with Gasteiger partial charge >= 0.3 is 0 Å². The van der Waals surface area contributed by atoms with Crippen molar-refractivity contribution < 1.29 is 8.78 Å². The maximum absolute atomic E-state index is 15.0. The fourth-order valence-electron chi connectivity index (χ4n) is 5.76. The summed E-state index contributed by atoms with van der Waals surface area (Å²) < 4.78 is 31.8. The molecule has 7 nitrogen and oxygen atoms in total. The Bertz CT molecular complexity index is 1450. The van der Waals surface area contributed by atoms with Crippen molar-refractivity contribution in [1.29, 1.82) is 0 Å². The third-order valence-electron chi connectivity index (χ3n) is 8.02. The molecule has 9 heteroatoms. The molecule has 3 aromatic heterocycles. The van der Waals surface area contributed by atoms with E-state index in [1.807, 2.05) is 37.6 Å². The minimum atomic E-state index is -0.632. The number of benzene rings is 1. The topological polar surface area (TPSA) is 71.8 Å². The normalized spacial score (nSPS) is 15.9. The molecule has 1 aliphatic heterocycles. The molecule has 5 rings (SSSR count). The lowest BCUT2D eigenvalue weighted by Crippen LogP contribution is -2.39. The number of anilines is 2. The van der Waals surface area contributed by atoms with E-state index >= 15 is 0 Å². The molecule has 1 aliphatic rings. The van der Waals surface area contributed by atoms with E-state index < -0.39 is 11.6 Å². The van der Waals surface area contributed by atoms with E-state index in [-0.39, 0.29) is 23.2 Å². The number of halogens is 2. The molecular formula is C30H37F2N7. The predicted molar refractivity (Wildman–Crippen MR) is 151 cm³/mol. The number of nitrogens with zero attached hydrogens (tertiary/aromatic N) is 6. The minimum absolute atomic E-state index is 0.0143. The van der Waals surface area contributed by atoms with Gasteiger partial charge in [0.1, 0.15) is 22.9 Å². The number of likely N-dealkylation sites (tertiary alicyclic amines) is 1. The molecule has 0 unspecified atom stereocenters. The first-order chi connectivity index (χ1) is 18.6. The second kappa shape index (κ2) is 11.0. The van der Waals surface area contributed by atoms with Crippen molar-refractivity contribution in [3.63, 3.8) is 0 Å². The van der Waals surface area contributed by atoms with Crippen LogP contribution >= 0.6 is 0 Å². The van der Waals surface area contributed by atoms with Crippen LogP contribution in [0.4, 0.5) is 20.5 Å². The van der Waals surface area contributed by atoms with Gasteiger partial charge in [-0.2, -0.15) is 0 Å². The van der Waals surface area contributed by atoms with Gasteiger partial charge < -0.3 is 14.8 Å². The highest BCUT2D eigenvalue weighted by Gasteiger charge is 2.26. The lowest BCUT2D eigenvalue weighted by Gasteiger charge is -2.37. The van der Waals surface area contributed by atoms with Crippen molar-refractivity contribution in [2.45, 2.75) is 72.4 Å². The third kappa shape index (κ3) is 5.50. The van der Waals surface area contributed by atoms with Crippen LogP contribution in [0.25, 0.3) is 22.3 Å². The number of fused-ring (bicyclic) bond motifs is 1. The number of nitrogens with one attached hydrogen (secondary N) is 1. The molecule has 4 aromatic rings. The second-order valence-corrected chi connectivity index (χ2v) is 11.2. The van der Waals surface area contributed by atoms with Crippen LogP contribution in [0, 0.1) is 24.5 Å². The van der Waals surface area contributed by atoms with Crippen LogP contribution in [0.1, 0.15) is 70.8 Å². The molecule has 39 heavy (non-hydrogen) atoms. The lowest BCUT2D eigenvalue weighted by atomic mass is 9.81. The average molecular weight is 534 g/mol. The molecule has 4 heterocycles. The molecule has 0 aliphatic carbocycles. The number of hydrogen-bond acceptors (Lipinski definition) is 6. The smallest absolute Gasteiger partial charge is 0.229 e. The highest BCUT2D eigenvalue weighted by atomic mass is 19.1. The number of rotatable bonds is 7. The fourth-order valence-corrected chi connectivity index (χ4v) is 5.76. The van der Waals surface area contributed by atoms with Gasteiger partial charge in [0.25, 0.3) is 0 Å². The van der Waals surface area contributed by atoms with Crippen LogP contribution < -0.4 is 5.32 Å². The van der Waals surface area contributed by atoms with E-state index in [0.29, 0.717) is 40.6 Å². The number of hydrogen-bond donors (Lipinski definition) is 1. The van der Waals surface area contributed by atoms with E-state index in [1.54, 1.807) is 6.07 Å². The van der Waals surface area contributed by atoms with Crippen molar-refractivity contribution in [2.24, 2.45) is 5.92 Å². The molecule has 0 bridgehead atoms. The molecule has 0 radical (unpaired) electrons. The molecule has 1 N–H and O–H groups in total. The summed E-state index contributed by atoms with van der Waals surface area (Å²) in [7, 11) is 0. The number of aromatic nitrogens is 5. The highest BCUT2D eigenvalue weighted by Crippen LogP contribution is 2.33. The molecular weight excluding hydrogens is 496 g/mol. The van der Waals surface area contributed by atoms with Gasteiger partial charge in [-0.05, 0) is 96.1 Å². The van der Waals surface area contributed by atoms with Crippen LogP contribution in [0.2, 0.25) is 0 Å². The molecule has 0 saturated carbocycles. The Balaban J connectivity index is 1.35. The molecule has 1 aromatic carbocycles. The number of imidazole rings is 1. The van der Waals surface area contributed by atoms with Gasteiger partial charge in [-0.15, -0.1) is 0 Å².